The van der Waals surface area contributed by atoms with E-state index in [4.69, 9.17) is 24.4 Å². The number of hydrazine groups is 1. The molecule has 8 heteroatoms. The zero-order chi connectivity index (χ0) is 19.8. The van der Waals surface area contributed by atoms with Crippen LogP contribution in [0.1, 0.15) is 17.5 Å². The predicted molar refractivity (Wildman–Crippen MR) is 112 cm³/mol. The van der Waals surface area contributed by atoms with E-state index >= 15 is 0 Å². The van der Waals surface area contributed by atoms with Crippen molar-refractivity contribution < 1.29 is 9.90 Å². The van der Waals surface area contributed by atoms with Crippen LogP contribution >= 0.6 is 24.4 Å². The SMILES string of the molecule is CN(/N=C(\[O-])CC(=O)NN(C)C(=S)c1ccccc1)C(=S)c1ccccc1. The van der Waals surface area contributed by atoms with Crippen molar-refractivity contribution in [3.63, 3.8) is 0 Å². The maximum atomic E-state index is 12.1. The summed E-state index contributed by atoms with van der Waals surface area (Å²) in [5.41, 5.74) is 4.12. The molecule has 2 aromatic carbocycles. The van der Waals surface area contributed by atoms with Crippen LogP contribution in [0.5, 0.6) is 0 Å². The first-order chi connectivity index (χ1) is 12.9. The second kappa shape index (κ2) is 9.75. The first kappa shape index (κ1) is 20.5. The van der Waals surface area contributed by atoms with Crippen molar-refractivity contribution in [3.8, 4) is 0 Å². The zero-order valence-electron chi connectivity index (χ0n) is 15.0. The highest BCUT2D eigenvalue weighted by Gasteiger charge is 2.11. The Labute approximate surface area is 169 Å². The summed E-state index contributed by atoms with van der Waals surface area (Å²) in [5, 5.41) is 18.6. The molecule has 0 aliphatic carbocycles. The summed E-state index contributed by atoms with van der Waals surface area (Å²) in [7, 11) is 3.19. The van der Waals surface area contributed by atoms with Gasteiger partial charge in [-0.15, -0.1) is 0 Å². The number of carbonyl (C=O) groups is 1. The summed E-state index contributed by atoms with van der Waals surface area (Å²) < 4.78 is 0. The van der Waals surface area contributed by atoms with Crippen molar-refractivity contribution in [2.45, 2.75) is 6.42 Å². The summed E-state index contributed by atoms with van der Waals surface area (Å²) in [6, 6.07) is 18.5. The van der Waals surface area contributed by atoms with E-state index in [1.54, 1.807) is 14.1 Å². The van der Waals surface area contributed by atoms with Gasteiger partial charge in [-0.25, -0.2) is 0 Å². The molecule has 0 saturated heterocycles. The Morgan fingerprint density at radius 3 is 1.96 bits per heavy atom. The molecule has 0 aromatic heterocycles. The van der Waals surface area contributed by atoms with Gasteiger partial charge in [-0.3, -0.25) is 20.2 Å². The van der Waals surface area contributed by atoms with Gasteiger partial charge >= 0.3 is 0 Å². The molecule has 140 valence electrons. The third kappa shape index (κ3) is 6.12. The average Bonchev–Trinajstić information content (AvgIpc) is 2.67. The molecule has 6 nitrogen and oxygen atoms in total. The van der Waals surface area contributed by atoms with Crippen LogP contribution in [0.2, 0.25) is 0 Å². The van der Waals surface area contributed by atoms with Crippen LogP contribution in [0.3, 0.4) is 0 Å². The fourth-order valence-corrected chi connectivity index (χ4v) is 2.56. The predicted octanol–water partition coefficient (Wildman–Crippen LogP) is 1.70. The minimum absolute atomic E-state index is 0.395. The van der Waals surface area contributed by atoms with Crippen molar-refractivity contribution in [3.05, 3.63) is 71.8 Å². The average molecular weight is 400 g/mol. The number of benzene rings is 2. The van der Waals surface area contributed by atoms with Gasteiger partial charge < -0.3 is 5.11 Å². The third-order valence-electron chi connectivity index (χ3n) is 3.51. The Morgan fingerprint density at radius 2 is 1.44 bits per heavy atom. The van der Waals surface area contributed by atoms with Gasteiger partial charge in [0.1, 0.15) is 9.98 Å². The second-order valence-electron chi connectivity index (χ2n) is 5.63. The van der Waals surface area contributed by atoms with Gasteiger partial charge in [0.15, 0.2) is 0 Å². The lowest BCUT2D eigenvalue weighted by Gasteiger charge is -2.23. The van der Waals surface area contributed by atoms with E-state index in [0.29, 0.717) is 9.98 Å². The number of rotatable bonds is 5. The summed E-state index contributed by atoms with van der Waals surface area (Å²) in [6.45, 7) is 0. The normalized spacial score (nSPS) is 10.8. The molecule has 0 aliphatic rings. The standard InChI is InChI=1S/C19H20N4O2S2/c1-22(18(26)14-9-5-3-6-10-14)20-16(24)13-17(25)21-23(2)19(27)15-11-7-4-8-12-15/h3-12H,13H2,1-2H3,(H,20,24)(H,21,25)/p-1. The first-order valence-electron chi connectivity index (χ1n) is 8.08. The molecule has 0 atom stereocenters. The van der Waals surface area contributed by atoms with Gasteiger partial charge in [0.2, 0.25) is 5.91 Å². The van der Waals surface area contributed by atoms with E-state index in [2.05, 4.69) is 10.5 Å². The van der Waals surface area contributed by atoms with Crippen molar-refractivity contribution in [2.24, 2.45) is 5.10 Å². The summed E-state index contributed by atoms with van der Waals surface area (Å²) in [6.07, 6.45) is -0.413. The van der Waals surface area contributed by atoms with Crippen LogP contribution in [0.25, 0.3) is 0 Å². The number of nitrogens with one attached hydrogen (secondary N) is 1. The number of hydrazone groups is 1. The van der Waals surface area contributed by atoms with Gasteiger partial charge in [0, 0.05) is 25.2 Å². The fourth-order valence-electron chi connectivity index (χ4n) is 2.20. The van der Waals surface area contributed by atoms with Crippen molar-refractivity contribution in [2.75, 3.05) is 14.1 Å². The van der Waals surface area contributed by atoms with Crippen molar-refractivity contribution in [1.82, 2.24) is 15.4 Å². The van der Waals surface area contributed by atoms with E-state index in [-0.39, 0.29) is 0 Å². The van der Waals surface area contributed by atoms with Crippen molar-refractivity contribution >= 4 is 46.2 Å². The Hall–Kier alpha value is -2.84. The Kier molecular flexibility index (Phi) is 7.39. The molecule has 0 saturated carbocycles. The van der Waals surface area contributed by atoms with E-state index in [1.807, 2.05) is 60.7 Å². The molecule has 0 heterocycles. The highest BCUT2D eigenvalue weighted by atomic mass is 32.1. The zero-order valence-corrected chi connectivity index (χ0v) is 16.6. The molecule has 0 radical (unpaired) electrons. The third-order valence-corrected chi connectivity index (χ3v) is 4.52. The van der Waals surface area contributed by atoms with Gasteiger partial charge in [-0.1, -0.05) is 85.1 Å². The monoisotopic (exact) mass is 399 g/mol. The largest absolute Gasteiger partial charge is 0.860 e. The fraction of sp³-hybridized carbons (Fsp3) is 0.158. The molecule has 2 aromatic rings. The topological polar surface area (TPSA) is 71.0 Å². The number of amides is 1. The summed E-state index contributed by atoms with van der Waals surface area (Å²) >= 11 is 10.6. The highest BCUT2D eigenvalue weighted by Crippen LogP contribution is 2.06. The molecule has 0 spiro atoms. The van der Waals surface area contributed by atoms with Crippen LogP contribution in [-0.4, -0.2) is 45.9 Å². The number of nitrogens with zero attached hydrogens (tertiary/aromatic N) is 3. The van der Waals surface area contributed by atoms with Crippen LogP contribution in [0.4, 0.5) is 0 Å². The van der Waals surface area contributed by atoms with E-state index in [0.717, 1.165) is 11.1 Å². The summed E-state index contributed by atoms with van der Waals surface area (Å²) in [4.78, 5) is 12.9. The lowest BCUT2D eigenvalue weighted by atomic mass is 10.2. The number of carbonyl (C=O) groups excluding carboxylic acids is 1. The first-order valence-corrected chi connectivity index (χ1v) is 8.90. The Morgan fingerprint density at radius 1 is 0.963 bits per heavy atom. The van der Waals surface area contributed by atoms with Crippen LogP contribution in [-0.2, 0) is 4.79 Å². The lowest BCUT2D eigenvalue weighted by Crippen LogP contribution is -2.44. The molecular weight excluding hydrogens is 380 g/mol. The quantitative estimate of drug-likeness (QED) is 0.357. The van der Waals surface area contributed by atoms with E-state index in [9.17, 15) is 9.90 Å². The number of hydrogen-bond acceptors (Lipinski definition) is 5. The van der Waals surface area contributed by atoms with Crippen LogP contribution in [0.15, 0.2) is 65.8 Å². The number of hydrogen-bond donors (Lipinski definition) is 1. The Bertz CT molecular complexity index is 841. The minimum Gasteiger partial charge on any atom is -0.860 e. The maximum absolute atomic E-state index is 12.1. The van der Waals surface area contributed by atoms with E-state index in [1.165, 1.54) is 10.0 Å². The maximum Gasteiger partial charge on any atom is 0.243 e. The Balaban J connectivity index is 1.91. The summed E-state index contributed by atoms with van der Waals surface area (Å²) in [5.74, 6) is -1.11. The van der Waals surface area contributed by atoms with E-state index < -0.39 is 18.2 Å². The molecule has 0 aliphatic heterocycles. The molecule has 0 fully saturated rings. The molecular formula is C19H19N4O2S2-. The van der Waals surface area contributed by atoms with Gasteiger partial charge in [-0.2, -0.15) is 5.10 Å². The molecule has 27 heavy (non-hydrogen) atoms. The molecule has 1 amide bonds. The van der Waals surface area contributed by atoms with Crippen LogP contribution < -0.4 is 10.5 Å². The molecule has 1 N–H and O–H groups in total. The highest BCUT2D eigenvalue weighted by molar-refractivity contribution is 7.80. The van der Waals surface area contributed by atoms with Crippen molar-refractivity contribution in [1.29, 1.82) is 0 Å². The van der Waals surface area contributed by atoms with Gasteiger partial charge in [0.05, 0.1) is 6.42 Å². The van der Waals surface area contributed by atoms with Gasteiger partial charge in [0.25, 0.3) is 0 Å². The second-order valence-corrected chi connectivity index (χ2v) is 6.40. The van der Waals surface area contributed by atoms with Crippen LogP contribution in [0, 0.1) is 0 Å². The smallest absolute Gasteiger partial charge is 0.243 e. The molecule has 0 unspecified atom stereocenters. The number of thiocarbonyl (C=S) groups is 2. The molecule has 0 bridgehead atoms. The van der Waals surface area contributed by atoms with Gasteiger partial charge in [-0.05, 0) is 5.90 Å². The molecule has 2 rings (SSSR count). The minimum atomic E-state index is -0.604. The lowest BCUT2D eigenvalue weighted by molar-refractivity contribution is -0.220.